The van der Waals surface area contributed by atoms with Gasteiger partial charge in [0, 0.05) is 6.54 Å². The van der Waals surface area contributed by atoms with E-state index < -0.39 is 17.8 Å². The molecule has 108 valence electrons. The number of hydrogen-bond donors (Lipinski definition) is 3. The van der Waals surface area contributed by atoms with Crippen LogP contribution in [-0.4, -0.2) is 23.7 Å². The first-order valence-electron chi connectivity index (χ1n) is 6.47. The van der Waals surface area contributed by atoms with E-state index in [0.717, 1.165) is 37.5 Å². The van der Waals surface area contributed by atoms with Gasteiger partial charge in [0.15, 0.2) is 0 Å². The van der Waals surface area contributed by atoms with E-state index in [1.54, 1.807) is 0 Å². The third kappa shape index (κ3) is 3.26. The van der Waals surface area contributed by atoms with Crippen molar-refractivity contribution in [3.63, 3.8) is 0 Å². The predicted octanol–water partition coefficient (Wildman–Crippen LogP) is 2.84. The second-order valence-corrected chi connectivity index (χ2v) is 5.47. The van der Waals surface area contributed by atoms with Crippen LogP contribution in [0.1, 0.15) is 36.5 Å². The summed E-state index contributed by atoms with van der Waals surface area (Å²) in [6, 6.07) is 2.74. The number of carbonyl (C=O) groups is 2. The van der Waals surface area contributed by atoms with E-state index in [1.807, 2.05) is 0 Å². The lowest BCUT2D eigenvalue weighted by atomic mass is 9.70. The summed E-state index contributed by atoms with van der Waals surface area (Å²) in [6.07, 6.45) is 3.29. The Morgan fingerprint density at radius 1 is 1.40 bits per heavy atom. The monoisotopic (exact) mass is 280 g/mol. The van der Waals surface area contributed by atoms with Crippen LogP contribution in [-0.2, 0) is 0 Å². The predicted molar refractivity (Wildman–Crippen MR) is 72.3 cm³/mol. The second-order valence-electron chi connectivity index (χ2n) is 5.47. The van der Waals surface area contributed by atoms with Gasteiger partial charge in [0.2, 0.25) is 0 Å². The van der Waals surface area contributed by atoms with Crippen LogP contribution in [0.3, 0.4) is 0 Å². The summed E-state index contributed by atoms with van der Waals surface area (Å²) >= 11 is 0. The second kappa shape index (κ2) is 5.48. The third-order valence-electron chi connectivity index (χ3n) is 3.70. The van der Waals surface area contributed by atoms with Gasteiger partial charge in [0.1, 0.15) is 5.82 Å². The molecule has 0 saturated heterocycles. The number of urea groups is 1. The van der Waals surface area contributed by atoms with Crippen LogP contribution >= 0.6 is 0 Å². The van der Waals surface area contributed by atoms with Crippen LogP contribution in [0.15, 0.2) is 18.2 Å². The zero-order chi connectivity index (χ0) is 14.8. The quantitative estimate of drug-likeness (QED) is 0.793. The summed E-state index contributed by atoms with van der Waals surface area (Å²) in [4.78, 5) is 22.5. The number of carbonyl (C=O) groups excluding carboxylic acids is 1. The SMILES string of the molecule is CC1(CNC(=O)Nc2cc(C(=O)O)ccc2F)CCC1. The zero-order valence-corrected chi connectivity index (χ0v) is 11.2. The number of amides is 2. The van der Waals surface area contributed by atoms with Gasteiger partial charge in [-0.1, -0.05) is 13.3 Å². The van der Waals surface area contributed by atoms with Crippen molar-refractivity contribution in [3.05, 3.63) is 29.6 Å². The molecule has 2 rings (SSSR count). The number of benzene rings is 1. The average Bonchev–Trinajstić information content (AvgIpc) is 2.36. The first-order chi connectivity index (χ1) is 9.39. The fraction of sp³-hybridized carbons (Fsp3) is 0.429. The molecular weight excluding hydrogens is 263 g/mol. The van der Waals surface area contributed by atoms with Crippen molar-refractivity contribution in [2.24, 2.45) is 5.41 Å². The Hall–Kier alpha value is -2.11. The van der Waals surface area contributed by atoms with Gasteiger partial charge in [-0.05, 0) is 36.5 Å². The number of hydrogen-bond acceptors (Lipinski definition) is 2. The minimum atomic E-state index is -1.17. The number of carboxylic acid groups (broad SMARTS) is 1. The molecule has 0 heterocycles. The van der Waals surface area contributed by atoms with Crippen molar-refractivity contribution in [2.45, 2.75) is 26.2 Å². The number of halogens is 1. The number of anilines is 1. The topological polar surface area (TPSA) is 78.4 Å². The van der Waals surface area contributed by atoms with E-state index in [4.69, 9.17) is 5.11 Å². The molecule has 1 aromatic rings. The molecule has 1 aliphatic carbocycles. The van der Waals surface area contributed by atoms with E-state index in [-0.39, 0.29) is 16.7 Å². The maximum atomic E-state index is 13.5. The first kappa shape index (κ1) is 14.3. The highest BCUT2D eigenvalue weighted by Crippen LogP contribution is 2.39. The smallest absolute Gasteiger partial charge is 0.335 e. The van der Waals surface area contributed by atoms with E-state index in [2.05, 4.69) is 17.6 Å². The fourth-order valence-electron chi connectivity index (χ4n) is 2.17. The summed E-state index contributed by atoms with van der Waals surface area (Å²) < 4.78 is 13.5. The summed E-state index contributed by atoms with van der Waals surface area (Å²) in [5.74, 6) is -1.84. The molecule has 0 aromatic heterocycles. The number of carboxylic acids is 1. The van der Waals surface area contributed by atoms with Crippen LogP contribution in [0.4, 0.5) is 14.9 Å². The molecular formula is C14H17FN2O3. The van der Waals surface area contributed by atoms with E-state index in [1.165, 1.54) is 0 Å². The van der Waals surface area contributed by atoms with Crippen LogP contribution in [0.5, 0.6) is 0 Å². The molecule has 0 aliphatic heterocycles. The lowest BCUT2D eigenvalue weighted by Crippen LogP contribution is -2.41. The lowest BCUT2D eigenvalue weighted by Gasteiger charge is -2.38. The Balaban J connectivity index is 1.96. The molecule has 5 nitrogen and oxygen atoms in total. The molecule has 6 heteroatoms. The summed E-state index contributed by atoms with van der Waals surface area (Å²) in [6.45, 7) is 2.61. The Kier molecular flexibility index (Phi) is 3.92. The van der Waals surface area contributed by atoms with Crippen LogP contribution < -0.4 is 10.6 Å². The van der Waals surface area contributed by atoms with Crippen LogP contribution in [0.2, 0.25) is 0 Å². The van der Waals surface area contributed by atoms with Crippen molar-refractivity contribution in [1.29, 1.82) is 0 Å². The van der Waals surface area contributed by atoms with Crippen LogP contribution in [0, 0.1) is 11.2 Å². The van der Waals surface area contributed by atoms with Gasteiger partial charge in [-0.2, -0.15) is 0 Å². The molecule has 0 radical (unpaired) electrons. The van der Waals surface area contributed by atoms with Gasteiger partial charge < -0.3 is 15.7 Å². The highest BCUT2D eigenvalue weighted by molar-refractivity contribution is 5.93. The van der Waals surface area contributed by atoms with Gasteiger partial charge in [0.25, 0.3) is 0 Å². The van der Waals surface area contributed by atoms with Gasteiger partial charge in [0.05, 0.1) is 11.3 Å². The van der Waals surface area contributed by atoms with Crippen molar-refractivity contribution in [2.75, 3.05) is 11.9 Å². The van der Waals surface area contributed by atoms with Crippen molar-refractivity contribution >= 4 is 17.7 Å². The average molecular weight is 280 g/mol. The lowest BCUT2D eigenvalue weighted by molar-refractivity contribution is 0.0697. The minimum absolute atomic E-state index is 0.0762. The molecule has 1 fully saturated rings. The number of nitrogens with one attached hydrogen (secondary N) is 2. The molecule has 0 spiro atoms. The maximum absolute atomic E-state index is 13.5. The van der Waals surface area contributed by atoms with Gasteiger partial charge in [-0.25, -0.2) is 14.0 Å². The minimum Gasteiger partial charge on any atom is -0.478 e. The normalized spacial score (nSPS) is 16.1. The van der Waals surface area contributed by atoms with Crippen molar-refractivity contribution < 1.29 is 19.1 Å². The van der Waals surface area contributed by atoms with E-state index in [9.17, 15) is 14.0 Å². The summed E-state index contributed by atoms with van der Waals surface area (Å²) in [7, 11) is 0. The highest BCUT2D eigenvalue weighted by atomic mass is 19.1. The molecule has 3 N–H and O–H groups in total. The number of rotatable bonds is 4. The molecule has 20 heavy (non-hydrogen) atoms. The summed E-state index contributed by atoms with van der Waals surface area (Å²) in [5.41, 5.74) is -0.0903. The van der Waals surface area contributed by atoms with Crippen LogP contribution in [0.25, 0.3) is 0 Å². The van der Waals surface area contributed by atoms with E-state index >= 15 is 0 Å². The Labute approximate surface area is 116 Å². The molecule has 0 unspecified atom stereocenters. The Morgan fingerprint density at radius 2 is 2.10 bits per heavy atom. The molecule has 0 atom stereocenters. The van der Waals surface area contributed by atoms with Gasteiger partial charge in [-0.15, -0.1) is 0 Å². The Morgan fingerprint density at radius 3 is 2.65 bits per heavy atom. The highest BCUT2D eigenvalue weighted by Gasteiger charge is 2.31. The van der Waals surface area contributed by atoms with Crippen molar-refractivity contribution in [3.8, 4) is 0 Å². The molecule has 1 saturated carbocycles. The summed E-state index contributed by atoms with van der Waals surface area (Å²) in [5, 5.41) is 13.9. The van der Waals surface area contributed by atoms with Crippen molar-refractivity contribution in [1.82, 2.24) is 5.32 Å². The standard InChI is InChI=1S/C14H17FN2O3/c1-14(5-2-6-14)8-16-13(20)17-11-7-9(12(18)19)3-4-10(11)15/h3-4,7H,2,5-6,8H2,1H3,(H,18,19)(H2,16,17,20). The van der Waals surface area contributed by atoms with Gasteiger partial charge in [-0.3, -0.25) is 0 Å². The zero-order valence-electron chi connectivity index (χ0n) is 11.2. The maximum Gasteiger partial charge on any atom is 0.335 e. The van der Waals surface area contributed by atoms with E-state index in [0.29, 0.717) is 6.54 Å². The molecule has 0 bridgehead atoms. The fourth-order valence-corrected chi connectivity index (χ4v) is 2.17. The third-order valence-corrected chi connectivity index (χ3v) is 3.70. The largest absolute Gasteiger partial charge is 0.478 e. The number of aromatic carboxylic acids is 1. The van der Waals surface area contributed by atoms with Gasteiger partial charge >= 0.3 is 12.0 Å². The molecule has 2 amide bonds. The molecule has 1 aromatic carbocycles. The molecule has 1 aliphatic rings. The Bertz CT molecular complexity index is 541. The first-order valence-corrected chi connectivity index (χ1v) is 6.47.